The number of hydrogen-bond donors (Lipinski definition) is 3. The number of fused-ring (bicyclic) bond motifs is 1. The van der Waals surface area contributed by atoms with Crippen LogP contribution in [0.1, 0.15) is 6.92 Å². The van der Waals surface area contributed by atoms with E-state index in [1.807, 2.05) is 0 Å². The van der Waals surface area contributed by atoms with Crippen LogP contribution in [0.2, 0.25) is 0 Å². The highest BCUT2D eigenvalue weighted by molar-refractivity contribution is 8.00. The second kappa shape index (κ2) is 7.73. The summed E-state index contributed by atoms with van der Waals surface area (Å²) >= 11 is 2.44. The van der Waals surface area contributed by atoms with E-state index in [9.17, 15) is 4.79 Å². The molecule has 12 heteroatoms. The Morgan fingerprint density at radius 1 is 1.35 bits per heavy atom. The molecule has 0 aliphatic rings. The topological polar surface area (TPSA) is 143 Å². The Labute approximate surface area is 157 Å². The van der Waals surface area contributed by atoms with Gasteiger partial charge in [-0.15, -0.1) is 16.1 Å². The van der Waals surface area contributed by atoms with Gasteiger partial charge in [0.05, 0.1) is 6.54 Å². The third kappa shape index (κ3) is 3.50. The van der Waals surface area contributed by atoms with E-state index in [0.29, 0.717) is 51.4 Å². The van der Waals surface area contributed by atoms with Gasteiger partial charge < -0.3 is 16.8 Å². The lowest BCUT2D eigenvalue weighted by molar-refractivity contribution is 0.716. The molecule has 5 N–H and O–H groups in total. The summed E-state index contributed by atoms with van der Waals surface area (Å²) in [7, 11) is 1.65. The summed E-state index contributed by atoms with van der Waals surface area (Å²) in [6, 6.07) is 0. The van der Waals surface area contributed by atoms with E-state index < -0.39 is 0 Å². The molecule has 26 heavy (non-hydrogen) atoms. The van der Waals surface area contributed by atoms with Gasteiger partial charge in [0.2, 0.25) is 11.1 Å². The van der Waals surface area contributed by atoms with Gasteiger partial charge in [0.15, 0.2) is 20.7 Å². The molecule has 136 valence electrons. The lowest BCUT2D eigenvalue weighted by atomic mass is 10.5. The molecule has 3 aromatic heterocycles. The Morgan fingerprint density at radius 3 is 2.81 bits per heavy atom. The van der Waals surface area contributed by atoms with Crippen molar-refractivity contribution in [3.63, 3.8) is 0 Å². The average Bonchev–Trinajstić information content (AvgIpc) is 3.18. The van der Waals surface area contributed by atoms with Crippen LogP contribution in [0.5, 0.6) is 0 Å². The minimum absolute atomic E-state index is 0.221. The summed E-state index contributed by atoms with van der Waals surface area (Å²) < 4.78 is 3.77. The molecular formula is C14H17N9OS2. The molecule has 10 nitrogen and oxygen atoms in total. The Hall–Kier alpha value is -2.62. The monoisotopic (exact) mass is 391 g/mol. The molecule has 0 aliphatic heterocycles. The molecule has 0 bridgehead atoms. The molecule has 0 unspecified atom stereocenters. The third-order valence-electron chi connectivity index (χ3n) is 3.39. The van der Waals surface area contributed by atoms with Gasteiger partial charge in [-0.25, -0.2) is 4.98 Å². The lowest BCUT2D eigenvalue weighted by Crippen LogP contribution is -2.22. The summed E-state index contributed by atoms with van der Waals surface area (Å²) in [6.45, 7) is 3.03. The maximum absolute atomic E-state index is 12.9. The van der Waals surface area contributed by atoms with E-state index in [0.717, 1.165) is 0 Å². The molecule has 0 radical (unpaired) electrons. The second-order valence-electron chi connectivity index (χ2n) is 5.10. The maximum atomic E-state index is 12.9. The minimum atomic E-state index is -0.221. The molecule has 0 saturated carbocycles. The Kier molecular flexibility index (Phi) is 5.40. The summed E-state index contributed by atoms with van der Waals surface area (Å²) in [5.74, 6) is 6.29. The predicted octanol–water partition coefficient (Wildman–Crippen LogP) is 0.109. The van der Waals surface area contributed by atoms with Crippen molar-refractivity contribution < 1.29 is 0 Å². The van der Waals surface area contributed by atoms with Gasteiger partial charge in [0, 0.05) is 20.1 Å². The van der Waals surface area contributed by atoms with Crippen LogP contribution in [-0.4, -0.2) is 42.4 Å². The van der Waals surface area contributed by atoms with E-state index in [2.05, 4.69) is 37.3 Å². The van der Waals surface area contributed by atoms with Crippen LogP contribution in [0.3, 0.4) is 0 Å². The van der Waals surface area contributed by atoms with Crippen molar-refractivity contribution in [3.8, 4) is 11.8 Å². The summed E-state index contributed by atoms with van der Waals surface area (Å²) in [5.41, 5.74) is 11.7. The molecule has 0 atom stereocenters. The van der Waals surface area contributed by atoms with Gasteiger partial charge in [-0.05, 0) is 18.7 Å². The molecule has 3 aromatic rings. The first-order valence-electron chi connectivity index (χ1n) is 7.62. The summed E-state index contributed by atoms with van der Waals surface area (Å²) in [4.78, 5) is 21.9. The Morgan fingerprint density at radius 2 is 2.15 bits per heavy atom. The van der Waals surface area contributed by atoms with Gasteiger partial charge in [0.1, 0.15) is 0 Å². The first kappa shape index (κ1) is 18.2. The average molecular weight is 391 g/mol. The summed E-state index contributed by atoms with van der Waals surface area (Å²) in [5, 5.41) is 11.6. The van der Waals surface area contributed by atoms with Crippen LogP contribution >= 0.6 is 23.1 Å². The van der Waals surface area contributed by atoms with Crippen LogP contribution in [0.4, 0.5) is 11.1 Å². The molecule has 0 amide bonds. The number of imidazole rings is 1. The van der Waals surface area contributed by atoms with Crippen LogP contribution < -0.4 is 22.3 Å². The quantitative estimate of drug-likeness (QED) is 0.394. The zero-order chi connectivity index (χ0) is 18.7. The van der Waals surface area contributed by atoms with E-state index >= 15 is 0 Å². The highest BCUT2D eigenvalue weighted by atomic mass is 32.2. The first-order valence-corrected chi connectivity index (χ1v) is 9.26. The number of anilines is 2. The molecule has 0 fully saturated rings. The molecule has 0 aliphatic carbocycles. The van der Waals surface area contributed by atoms with Gasteiger partial charge in [-0.3, -0.25) is 13.9 Å². The fraction of sp³-hybridized carbons (Fsp3) is 0.357. The van der Waals surface area contributed by atoms with Gasteiger partial charge in [-0.2, -0.15) is 4.98 Å². The molecule has 3 rings (SSSR count). The van der Waals surface area contributed by atoms with Gasteiger partial charge in [0.25, 0.3) is 5.56 Å². The number of nitrogens with two attached hydrogens (primary N) is 2. The Bertz CT molecular complexity index is 1060. The number of hydrogen-bond acceptors (Lipinski definition) is 10. The summed E-state index contributed by atoms with van der Waals surface area (Å²) in [6.07, 6.45) is 0. The number of nitrogens with one attached hydrogen (secondary N) is 1. The molecular weight excluding hydrogens is 374 g/mol. The number of nitrogen functional groups attached to an aromatic ring is 1. The van der Waals surface area contributed by atoms with E-state index in [1.54, 1.807) is 18.5 Å². The fourth-order valence-electron chi connectivity index (χ4n) is 2.20. The zero-order valence-corrected chi connectivity index (χ0v) is 15.8. The van der Waals surface area contributed by atoms with Gasteiger partial charge in [-0.1, -0.05) is 17.3 Å². The van der Waals surface area contributed by atoms with Crippen molar-refractivity contribution in [2.75, 3.05) is 24.1 Å². The second-order valence-corrected chi connectivity index (χ2v) is 7.33. The highest BCUT2D eigenvalue weighted by Crippen LogP contribution is 2.29. The first-order chi connectivity index (χ1) is 12.5. The molecule has 0 spiro atoms. The smallest absolute Gasteiger partial charge is 0.280 e. The van der Waals surface area contributed by atoms with Crippen molar-refractivity contribution in [2.24, 2.45) is 12.8 Å². The molecule has 0 saturated heterocycles. The van der Waals surface area contributed by atoms with Crippen molar-refractivity contribution in [1.82, 2.24) is 29.3 Å². The number of rotatable bonds is 6. The van der Waals surface area contributed by atoms with E-state index in [4.69, 9.17) is 11.5 Å². The Balaban J connectivity index is 2.12. The molecule has 3 heterocycles. The highest BCUT2D eigenvalue weighted by Gasteiger charge is 2.19. The van der Waals surface area contributed by atoms with Crippen LogP contribution in [0.25, 0.3) is 11.2 Å². The maximum Gasteiger partial charge on any atom is 0.280 e. The standard InChI is InChI=1S/C14H17N9OS2/c1-3-4-7-23-8-9(18-12(23)17-6-5-15)19-13(22(2)10(8)24)26-14-21-20-11(16)25-14/h5-7,15H2,1-2H3,(H2,16,20)(H,17,18). The fourth-order valence-corrected chi connectivity index (χ4v) is 3.78. The largest absolute Gasteiger partial charge is 0.374 e. The van der Waals surface area contributed by atoms with Crippen LogP contribution in [0.15, 0.2) is 14.3 Å². The third-order valence-corrected chi connectivity index (χ3v) is 5.24. The molecule has 0 aromatic carbocycles. The lowest BCUT2D eigenvalue weighted by Gasteiger charge is -2.07. The van der Waals surface area contributed by atoms with E-state index in [1.165, 1.54) is 27.7 Å². The normalized spacial score (nSPS) is 10.7. The van der Waals surface area contributed by atoms with Gasteiger partial charge >= 0.3 is 0 Å². The van der Waals surface area contributed by atoms with E-state index in [-0.39, 0.29) is 5.56 Å². The number of aromatic nitrogens is 6. The van der Waals surface area contributed by atoms with Crippen LogP contribution in [0, 0.1) is 11.8 Å². The van der Waals surface area contributed by atoms with Crippen molar-refractivity contribution in [1.29, 1.82) is 0 Å². The van der Waals surface area contributed by atoms with Crippen molar-refractivity contribution in [2.45, 2.75) is 23.0 Å². The SMILES string of the molecule is CC#CCn1c(NCCN)nc2nc(Sc3nnc(N)s3)n(C)c(=O)c21. The van der Waals surface area contributed by atoms with Crippen molar-refractivity contribution in [3.05, 3.63) is 10.4 Å². The number of nitrogens with zero attached hydrogens (tertiary/aromatic N) is 6. The minimum Gasteiger partial charge on any atom is -0.374 e. The zero-order valence-electron chi connectivity index (χ0n) is 14.2. The van der Waals surface area contributed by atoms with Crippen molar-refractivity contribution >= 4 is 45.3 Å². The van der Waals surface area contributed by atoms with Crippen LogP contribution in [-0.2, 0) is 13.6 Å². The predicted molar refractivity (Wildman–Crippen MR) is 102 cm³/mol.